The lowest BCUT2D eigenvalue weighted by atomic mass is 10.1. The molecule has 39 heavy (non-hydrogen) atoms. The molecule has 0 saturated heterocycles. The van der Waals surface area contributed by atoms with E-state index >= 15 is 0 Å². The maximum atomic E-state index is 13.4. The number of carbonyl (C=O) groups is 2. The molecule has 1 N–H and O–H groups in total. The SMILES string of the molecule is COc1ccc(CCN(CCC(=O)Nc2nnc(-c3ccc(Br)cc3)s2)C(=O)c2ccc(F)cc2)cc1OC. The fraction of sp³-hybridized carbons (Fsp3) is 0.214. The molecule has 3 aromatic carbocycles. The van der Waals surface area contributed by atoms with Crippen molar-refractivity contribution >= 4 is 44.2 Å². The minimum atomic E-state index is -0.428. The van der Waals surface area contributed by atoms with Gasteiger partial charge in [-0.2, -0.15) is 0 Å². The van der Waals surface area contributed by atoms with Crippen LogP contribution in [0.1, 0.15) is 22.3 Å². The number of anilines is 1. The largest absolute Gasteiger partial charge is 0.493 e. The number of nitrogens with one attached hydrogen (secondary N) is 1. The molecule has 0 fully saturated rings. The Bertz CT molecular complexity index is 1430. The number of halogens is 2. The minimum Gasteiger partial charge on any atom is -0.493 e. The third-order valence-electron chi connectivity index (χ3n) is 5.87. The molecule has 0 radical (unpaired) electrons. The lowest BCUT2D eigenvalue weighted by Crippen LogP contribution is -2.35. The van der Waals surface area contributed by atoms with E-state index < -0.39 is 5.82 Å². The summed E-state index contributed by atoms with van der Waals surface area (Å²) in [7, 11) is 3.12. The first-order valence-electron chi connectivity index (χ1n) is 12.0. The Balaban J connectivity index is 1.42. The van der Waals surface area contributed by atoms with Gasteiger partial charge >= 0.3 is 0 Å². The maximum Gasteiger partial charge on any atom is 0.253 e. The molecule has 0 saturated carbocycles. The summed E-state index contributed by atoms with van der Waals surface area (Å²) in [6, 6.07) is 18.5. The zero-order valence-electron chi connectivity index (χ0n) is 21.3. The second-order valence-corrected chi connectivity index (χ2v) is 10.3. The van der Waals surface area contributed by atoms with Crippen LogP contribution in [0.4, 0.5) is 9.52 Å². The van der Waals surface area contributed by atoms with Crippen molar-refractivity contribution < 1.29 is 23.5 Å². The molecule has 0 aliphatic carbocycles. The minimum absolute atomic E-state index is 0.0477. The Labute approximate surface area is 237 Å². The molecule has 1 heterocycles. The second-order valence-electron chi connectivity index (χ2n) is 8.46. The number of rotatable bonds is 11. The van der Waals surface area contributed by atoms with Crippen LogP contribution in [0.2, 0.25) is 0 Å². The third kappa shape index (κ3) is 7.61. The van der Waals surface area contributed by atoms with E-state index in [1.54, 1.807) is 25.2 Å². The van der Waals surface area contributed by atoms with Crippen LogP contribution >= 0.6 is 27.3 Å². The normalized spacial score (nSPS) is 10.7. The summed E-state index contributed by atoms with van der Waals surface area (Å²) in [5, 5.41) is 12.0. The van der Waals surface area contributed by atoms with E-state index in [1.165, 1.54) is 35.6 Å². The third-order valence-corrected chi connectivity index (χ3v) is 7.28. The van der Waals surface area contributed by atoms with Crippen molar-refractivity contribution in [2.24, 2.45) is 0 Å². The Morgan fingerprint density at radius 3 is 2.36 bits per heavy atom. The lowest BCUT2D eigenvalue weighted by Gasteiger charge is -2.23. The summed E-state index contributed by atoms with van der Waals surface area (Å²) < 4.78 is 25.1. The average Bonchev–Trinajstić information content (AvgIpc) is 3.41. The standard InChI is InChI=1S/C28H26BrFN4O4S/c1-37-23-12-3-18(17-24(23)38-2)13-15-34(27(36)20-6-10-22(30)11-7-20)16-14-25(35)31-28-33-32-26(39-28)19-4-8-21(29)9-5-19/h3-12,17H,13-16H2,1-2H3,(H,31,33,35). The van der Waals surface area contributed by atoms with E-state index in [1.807, 2.05) is 36.4 Å². The second kappa shape index (κ2) is 13.3. The van der Waals surface area contributed by atoms with Gasteiger partial charge in [0.05, 0.1) is 14.2 Å². The highest BCUT2D eigenvalue weighted by atomic mass is 79.9. The number of hydrogen-bond donors (Lipinski definition) is 1. The van der Waals surface area contributed by atoms with E-state index in [0.29, 0.717) is 40.2 Å². The van der Waals surface area contributed by atoms with Crippen molar-refractivity contribution in [1.82, 2.24) is 15.1 Å². The summed E-state index contributed by atoms with van der Waals surface area (Å²) in [6.07, 6.45) is 0.563. The van der Waals surface area contributed by atoms with Crippen molar-refractivity contribution in [2.75, 3.05) is 32.6 Å². The number of ether oxygens (including phenoxy) is 2. The van der Waals surface area contributed by atoms with Gasteiger partial charge in [-0.1, -0.05) is 45.5 Å². The Morgan fingerprint density at radius 1 is 0.949 bits per heavy atom. The molecule has 8 nitrogen and oxygen atoms in total. The highest BCUT2D eigenvalue weighted by Gasteiger charge is 2.19. The van der Waals surface area contributed by atoms with Gasteiger partial charge in [-0.25, -0.2) is 4.39 Å². The zero-order chi connectivity index (χ0) is 27.8. The maximum absolute atomic E-state index is 13.4. The molecule has 202 valence electrons. The molecule has 0 atom stereocenters. The highest BCUT2D eigenvalue weighted by Crippen LogP contribution is 2.29. The van der Waals surface area contributed by atoms with E-state index in [2.05, 4.69) is 31.4 Å². The van der Waals surface area contributed by atoms with Gasteiger partial charge in [0.15, 0.2) is 11.5 Å². The van der Waals surface area contributed by atoms with Crippen LogP contribution in [0, 0.1) is 5.82 Å². The van der Waals surface area contributed by atoms with Crippen LogP contribution in [-0.2, 0) is 11.2 Å². The van der Waals surface area contributed by atoms with Crippen molar-refractivity contribution in [3.63, 3.8) is 0 Å². The van der Waals surface area contributed by atoms with Gasteiger partial charge in [0.1, 0.15) is 10.8 Å². The topological polar surface area (TPSA) is 93.6 Å². The molecule has 11 heteroatoms. The Kier molecular flexibility index (Phi) is 9.61. The number of aromatic nitrogens is 2. The van der Waals surface area contributed by atoms with Gasteiger partial charge in [0, 0.05) is 35.1 Å². The summed E-state index contributed by atoms with van der Waals surface area (Å²) in [4.78, 5) is 27.6. The van der Waals surface area contributed by atoms with Gasteiger partial charge in [-0.3, -0.25) is 9.59 Å². The molecule has 2 amide bonds. The number of nitrogens with zero attached hydrogens (tertiary/aromatic N) is 3. The molecule has 4 aromatic rings. The van der Waals surface area contributed by atoms with E-state index in [0.717, 1.165) is 15.6 Å². The van der Waals surface area contributed by atoms with E-state index in [-0.39, 0.29) is 24.8 Å². The van der Waals surface area contributed by atoms with Gasteiger partial charge in [-0.15, -0.1) is 10.2 Å². The Morgan fingerprint density at radius 2 is 1.67 bits per heavy atom. The highest BCUT2D eigenvalue weighted by molar-refractivity contribution is 9.10. The molecule has 1 aromatic heterocycles. The van der Waals surface area contributed by atoms with Crippen molar-refractivity contribution in [1.29, 1.82) is 0 Å². The molecule has 0 aliphatic rings. The van der Waals surface area contributed by atoms with E-state index in [4.69, 9.17) is 9.47 Å². The summed E-state index contributed by atoms with van der Waals surface area (Å²) >= 11 is 4.67. The van der Waals surface area contributed by atoms with Crippen LogP contribution in [-0.4, -0.2) is 54.2 Å². The molecule has 4 rings (SSSR count). The number of carbonyl (C=O) groups excluding carboxylic acids is 2. The summed E-state index contributed by atoms with van der Waals surface area (Å²) in [5.41, 5.74) is 2.16. The predicted octanol–water partition coefficient (Wildman–Crippen LogP) is 5.84. The number of hydrogen-bond acceptors (Lipinski definition) is 7. The van der Waals surface area contributed by atoms with Crippen molar-refractivity contribution in [2.45, 2.75) is 12.8 Å². The summed E-state index contributed by atoms with van der Waals surface area (Å²) in [5.74, 6) is 0.179. The van der Waals surface area contributed by atoms with E-state index in [9.17, 15) is 14.0 Å². The molecule has 0 unspecified atom stereocenters. The van der Waals surface area contributed by atoms with Crippen LogP contribution in [0.5, 0.6) is 11.5 Å². The van der Waals surface area contributed by atoms with Gasteiger partial charge in [0.2, 0.25) is 11.0 Å². The van der Waals surface area contributed by atoms with Gasteiger partial charge < -0.3 is 19.7 Å². The first-order chi connectivity index (χ1) is 18.9. The molecule has 0 aliphatic heterocycles. The quantitative estimate of drug-likeness (QED) is 0.229. The van der Waals surface area contributed by atoms with Crippen molar-refractivity contribution in [3.8, 4) is 22.1 Å². The number of methoxy groups -OCH3 is 2. The molecular weight excluding hydrogens is 587 g/mol. The smallest absolute Gasteiger partial charge is 0.253 e. The van der Waals surface area contributed by atoms with Crippen molar-refractivity contribution in [3.05, 3.63) is 88.1 Å². The number of benzene rings is 3. The lowest BCUT2D eigenvalue weighted by molar-refractivity contribution is -0.116. The average molecular weight is 614 g/mol. The van der Waals surface area contributed by atoms with Gasteiger partial charge in [0.25, 0.3) is 5.91 Å². The monoisotopic (exact) mass is 612 g/mol. The first-order valence-corrected chi connectivity index (χ1v) is 13.6. The number of amides is 2. The zero-order valence-corrected chi connectivity index (χ0v) is 23.7. The molecule has 0 bridgehead atoms. The Hall–Kier alpha value is -3.83. The van der Waals surface area contributed by atoms with Gasteiger partial charge in [-0.05, 0) is 60.5 Å². The fourth-order valence-corrected chi connectivity index (χ4v) is 4.82. The van der Waals surface area contributed by atoms with Crippen LogP contribution in [0.15, 0.2) is 71.2 Å². The molecular formula is C28H26BrFN4O4S. The van der Waals surface area contributed by atoms with Crippen LogP contribution in [0.3, 0.4) is 0 Å². The summed E-state index contributed by atoms with van der Waals surface area (Å²) in [6.45, 7) is 0.499. The fourth-order valence-electron chi connectivity index (χ4n) is 3.79. The van der Waals surface area contributed by atoms with Crippen LogP contribution < -0.4 is 14.8 Å². The predicted molar refractivity (Wildman–Crippen MR) is 152 cm³/mol. The molecule has 0 spiro atoms. The first kappa shape index (κ1) is 28.2. The van der Waals surface area contributed by atoms with Crippen LogP contribution in [0.25, 0.3) is 10.6 Å².